The molecule has 0 aliphatic carbocycles. The molecule has 0 saturated heterocycles. The summed E-state index contributed by atoms with van der Waals surface area (Å²) >= 11 is 0. The number of hydrazone groups is 1. The van der Waals surface area contributed by atoms with Crippen LogP contribution in [0.2, 0.25) is 0 Å². The molecule has 5 nitrogen and oxygen atoms in total. The Hall–Kier alpha value is -2.82. The Balaban J connectivity index is 2.04. The van der Waals surface area contributed by atoms with E-state index in [9.17, 15) is 9.90 Å². The van der Waals surface area contributed by atoms with Gasteiger partial charge in [0.2, 0.25) is 0 Å². The van der Waals surface area contributed by atoms with Crippen LogP contribution in [-0.4, -0.2) is 17.2 Å². The second-order valence-electron chi connectivity index (χ2n) is 3.88. The smallest absolute Gasteiger partial charge is 0.271 e. The number of nitrogen functional groups attached to an aromatic ring is 1. The van der Waals surface area contributed by atoms with Gasteiger partial charge in [0.1, 0.15) is 5.75 Å². The number of aromatic hydroxyl groups is 1. The molecule has 0 unspecified atom stereocenters. The molecule has 2 rings (SSSR count). The minimum atomic E-state index is -0.319. The third-order valence-electron chi connectivity index (χ3n) is 2.46. The second kappa shape index (κ2) is 5.68. The van der Waals surface area contributed by atoms with Crippen molar-refractivity contribution in [3.63, 3.8) is 0 Å². The molecular formula is C14H13N3O2. The Morgan fingerprint density at radius 2 is 1.95 bits per heavy atom. The molecule has 0 bridgehead atoms. The van der Waals surface area contributed by atoms with E-state index in [1.165, 1.54) is 12.3 Å². The van der Waals surface area contributed by atoms with E-state index in [1.807, 2.05) is 6.07 Å². The van der Waals surface area contributed by atoms with Crippen molar-refractivity contribution in [1.29, 1.82) is 0 Å². The van der Waals surface area contributed by atoms with Crippen molar-refractivity contribution in [2.24, 2.45) is 5.10 Å². The van der Waals surface area contributed by atoms with E-state index in [1.54, 1.807) is 36.4 Å². The molecule has 0 atom stereocenters. The van der Waals surface area contributed by atoms with Crippen LogP contribution in [0.25, 0.3) is 0 Å². The summed E-state index contributed by atoms with van der Waals surface area (Å²) in [5.41, 5.74) is 9.42. The number of nitrogens with two attached hydrogens (primary N) is 1. The van der Waals surface area contributed by atoms with Crippen LogP contribution in [-0.2, 0) is 0 Å². The van der Waals surface area contributed by atoms with Gasteiger partial charge in [-0.25, -0.2) is 5.43 Å². The third kappa shape index (κ3) is 3.32. The third-order valence-corrected chi connectivity index (χ3v) is 2.46. The Bertz CT molecular complexity index is 609. The predicted molar refractivity (Wildman–Crippen MR) is 74.0 cm³/mol. The molecule has 2 aromatic rings. The lowest BCUT2D eigenvalue weighted by atomic mass is 10.2. The van der Waals surface area contributed by atoms with Crippen molar-refractivity contribution in [1.82, 2.24) is 5.43 Å². The van der Waals surface area contributed by atoms with Gasteiger partial charge in [-0.2, -0.15) is 5.10 Å². The Kier molecular flexibility index (Phi) is 3.78. The summed E-state index contributed by atoms with van der Waals surface area (Å²) in [4.78, 5) is 11.7. The highest BCUT2D eigenvalue weighted by Gasteiger charge is 2.02. The maximum atomic E-state index is 11.7. The van der Waals surface area contributed by atoms with E-state index in [4.69, 9.17) is 5.73 Å². The van der Waals surface area contributed by atoms with E-state index < -0.39 is 0 Å². The summed E-state index contributed by atoms with van der Waals surface area (Å²) in [6.07, 6.45) is 1.34. The van der Waals surface area contributed by atoms with Gasteiger partial charge in [0.05, 0.1) is 6.21 Å². The summed E-state index contributed by atoms with van der Waals surface area (Å²) in [5.74, 6) is -0.271. The summed E-state index contributed by atoms with van der Waals surface area (Å²) in [7, 11) is 0. The quantitative estimate of drug-likeness (QED) is 0.338. The molecule has 1 amide bonds. The number of hydrogen-bond donors (Lipinski definition) is 3. The van der Waals surface area contributed by atoms with E-state index >= 15 is 0 Å². The SMILES string of the molecule is Nc1ccc(O)c(/C=N/NC(=O)c2ccccc2)c1. The minimum Gasteiger partial charge on any atom is -0.507 e. The fraction of sp³-hybridized carbons (Fsp3) is 0. The zero-order chi connectivity index (χ0) is 13.7. The Morgan fingerprint density at radius 1 is 1.21 bits per heavy atom. The Labute approximate surface area is 110 Å². The summed E-state index contributed by atoms with van der Waals surface area (Å²) in [6.45, 7) is 0. The van der Waals surface area contributed by atoms with Gasteiger partial charge < -0.3 is 10.8 Å². The number of carbonyl (C=O) groups is 1. The summed E-state index contributed by atoms with van der Waals surface area (Å²) in [5, 5.41) is 13.3. The molecule has 19 heavy (non-hydrogen) atoms. The molecule has 0 aromatic heterocycles. The summed E-state index contributed by atoms with van der Waals surface area (Å²) < 4.78 is 0. The molecule has 0 spiro atoms. The van der Waals surface area contributed by atoms with Crippen LogP contribution in [0, 0.1) is 0 Å². The maximum Gasteiger partial charge on any atom is 0.271 e. The van der Waals surface area contributed by atoms with Crippen molar-refractivity contribution in [2.45, 2.75) is 0 Å². The van der Waals surface area contributed by atoms with Gasteiger partial charge in [-0.1, -0.05) is 18.2 Å². The van der Waals surface area contributed by atoms with Gasteiger partial charge in [-0.3, -0.25) is 4.79 Å². The monoisotopic (exact) mass is 255 g/mol. The first-order valence-electron chi connectivity index (χ1n) is 5.64. The number of rotatable bonds is 3. The number of phenolic OH excluding ortho intramolecular Hbond substituents is 1. The zero-order valence-electron chi connectivity index (χ0n) is 10.1. The lowest BCUT2D eigenvalue weighted by molar-refractivity contribution is 0.0955. The standard InChI is InChI=1S/C14H13N3O2/c15-12-6-7-13(18)11(8-12)9-16-17-14(19)10-4-2-1-3-5-10/h1-9,18H,15H2,(H,17,19)/b16-9+. The van der Waals surface area contributed by atoms with E-state index in [-0.39, 0.29) is 11.7 Å². The first kappa shape index (κ1) is 12.6. The van der Waals surface area contributed by atoms with Crippen LogP contribution in [0.3, 0.4) is 0 Å². The van der Waals surface area contributed by atoms with Gasteiger partial charge >= 0.3 is 0 Å². The number of hydrogen-bond acceptors (Lipinski definition) is 4. The fourth-order valence-electron chi connectivity index (χ4n) is 1.49. The topological polar surface area (TPSA) is 87.7 Å². The molecule has 2 aromatic carbocycles. The lowest BCUT2D eigenvalue weighted by Crippen LogP contribution is -2.17. The average Bonchev–Trinajstić information content (AvgIpc) is 2.43. The number of carbonyl (C=O) groups excluding carboxylic acids is 1. The number of nitrogens with zero attached hydrogens (tertiary/aromatic N) is 1. The van der Waals surface area contributed by atoms with Crippen molar-refractivity contribution in [2.75, 3.05) is 5.73 Å². The molecule has 0 radical (unpaired) electrons. The molecule has 0 heterocycles. The number of benzene rings is 2. The van der Waals surface area contributed by atoms with E-state index in [2.05, 4.69) is 10.5 Å². The van der Waals surface area contributed by atoms with Gasteiger partial charge in [-0.05, 0) is 30.3 Å². The molecule has 96 valence electrons. The molecule has 0 aliphatic heterocycles. The fourth-order valence-corrected chi connectivity index (χ4v) is 1.49. The van der Waals surface area contributed by atoms with Crippen molar-refractivity contribution in [3.05, 3.63) is 59.7 Å². The highest BCUT2D eigenvalue weighted by atomic mass is 16.3. The van der Waals surface area contributed by atoms with Crippen LogP contribution in [0.4, 0.5) is 5.69 Å². The van der Waals surface area contributed by atoms with Crippen LogP contribution in [0.1, 0.15) is 15.9 Å². The highest BCUT2D eigenvalue weighted by Crippen LogP contribution is 2.17. The maximum absolute atomic E-state index is 11.7. The molecular weight excluding hydrogens is 242 g/mol. The predicted octanol–water partition coefficient (Wildman–Crippen LogP) is 1.74. The number of nitrogens with one attached hydrogen (secondary N) is 1. The largest absolute Gasteiger partial charge is 0.507 e. The first-order chi connectivity index (χ1) is 9.16. The van der Waals surface area contributed by atoms with Crippen molar-refractivity contribution in [3.8, 4) is 5.75 Å². The van der Waals surface area contributed by atoms with Gasteiger partial charge in [0, 0.05) is 16.8 Å². The van der Waals surface area contributed by atoms with Crippen LogP contribution in [0.5, 0.6) is 5.75 Å². The zero-order valence-corrected chi connectivity index (χ0v) is 10.1. The van der Waals surface area contributed by atoms with Crippen molar-refractivity contribution < 1.29 is 9.90 Å². The molecule has 0 saturated carbocycles. The van der Waals surface area contributed by atoms with Gasteiger partial charge in [0.15, 0.2) is 0 Å². The van der Waals surface area contributed by atoms with Crippen LogP contribution < -0.4 is 11.2 Å². The highest BCUT2D eigenvalue weighted by molar-refractivity contribution is 5.95. The normalized spacial score (nSPS) is 10.5. The average molecular weight is 255 g/mol. The van der Waals surface area contributed by atoms with Gasteiger partial charge in [-0.15, -0.1) is 0 Å². The second-order valence-corrected chi connectivity index (χ2v) is 3.88. The first-order valence-corrected chi connectivity index (χ1v) is 5.64. The number of amides is 1. The summed E-state index contributed by atoms with van der Waals surface area (Å²) in [6, 6.07) is 13.3. The molecule has 5 heteroatoms. The van der Waals surface area contributed by atoms with E-state index in [0.29, 0.717) is 16.8 Å². The number of phenols is 1. The molecule has 4 N–H and O–H groups in total. The minimum absolute atomic E-state index is 0.0481. The lowest BCUT2D eigenvalue weighted by Gasteiger charge is -2.01. The van der Waals surface area contributed by atoms with Crippen LogP contribution >= 0.6 is 0 Å². The molecule has 0 fully saturated rings. The van der Waals surface area contributed by atoms with Crippen molar-refractivity contribution >= 4 is 17.8 Å². The van der Waals surface area contributed by atoms with E-state index in [0.717, 1.165) is 0 Å². The van der Waals surface area contributed by atoms with Gasteiger partial charge in [0.25, 0.3) is 5.91 Å². The Morgan fingerprint density at radius 3 is 2.68 bits per heavy atom. The van der Waals surface area contributed by atoms with Crippen LogP contribution in [0.15, 0.2) is 53.6 Å². The molecule has 0 aliphatic rings. The number of anilines is 1.